The molecule has 1 aromatic rings. The molecule has 0 spiro atoms. The molecule has 0 aromatic heterocycles. The van der Waals surface area contributed by atoms with E-state index in [0.29, 0.717) is 31.4 Å². The predicted octanol–water partition coefficient (Wildman–Crippen LogP) is 1.67. The average molecular weight is 369 g/mol. The summed E-state index contributed by atoms with van der Waals surface area (Å²) in [5.74, 6) is -1.13. The number of sulfonamides is 1. The summed E-state index contributed by atoms with van der Waals surface area (Å²) in [6.45, 7) is 1.77. The molecule has 25 heavy (non-hydrogen) atoms. The molecule has 0 heterocycles. The summed E-state index contributed by atoms with van der Waals surface area (Å²) in [6.07, 6.45) is 2.29. The summed E-state index contributed by atoms with van der Waals surface area (Å²) < 4.78 is 26.0. The van der Waals surface area contributed by atoms with Crippen LogP contribution in [-0.2, 0) is 14.8 Å². The average Bonchev–Trinajstić information content (AvgIpc) is 2.57. The van der Waals surface area contributed by atoms with Crippen LogP contribution in [-0.4, -0.2) is 38.6 Å². The van der Waals surface area contributed by atoms with Crippen molar-refractivity contribution in [3.05, 3.63) is 23.8 Å². The Kier molecular flexibility index (Phi) is 6.02. The maximum atomic E-state index is 12.2. The molecule has 0 atom stereocenters. The number of aryl methyl sites for hydroxylation is 1. The Morgan fingerprint density at radius 1 is 1.16 bits per heavy atom. The maximum Gasteiger partial charge on any atom is 0.319 e. The Labute approximate surface area is 147 Å². The number of carboxylic acid groups (broad SMARTS) is 1. The van der Waals surface area contributed by atoms with Gasteiger partial charge in [-0.05, 0) is 57.4 Å². The SMILES string of the molecule is CNS(=O)(=O)c1ccc(C)c(NC(=O)NC2CCC(C(=O)O)CC2)c1. The number of aliphatic carboxylic acids is 1. The smallest absolute Gasteiger partial charge is 0.319 e. The number of hydrogen-bond donors (Lipinski definition) is 4. The first kappa shape index (κ1) is 19.2. The quantitative estimate of drug-likeness (QED) is 0.628. The number of anilines is 1. The molecule has 0 bridgehead atoms. The first-order valence-corrected chi connectivity index (χ1v) is 9.55. The van der Waals surface area contributed by atoms with Crippen molar-refractivity contribution in [3.63, 3.8) is 0 Å². The molecule has 2 amide bonds. The van der Waals surface area contributed by atoms with Gasteiger partial charge in [-0.15, -0.1) is 0 Å². The Bertz CT molecular complexity index is 755. The number of benzene rings is 1. The standard InChI is InChI=1S/C16H23N3O5S/c1-10-3-8-13(25(23,24)17-2)9-14(10)19-16(22)18-12-6-4-11(5-7-12)15(20)21/h3,8-9,11-12,17H,4-7H2,1-2H3,(H,20,21)(H2,18,19,22). The van der Waals surface area contributed by atoms with E-state index in [2.05, 4.69) is 15.4 Å². The molecule has 0 radical (unpaired) electrons. The van der Waals surface area contributed by atoms with E-state index in [-0.39, 0.29) is 16.9 Å². The van der Waals surface area contributed by atoms with Crippen molar-refractivity contribution in [2.24, 2.45) is 5.92 Å². The lowest BCUT2D eigenvalue weighted by molar-refractivity contribution is -0.142. The second-order valence-corrected chi connectivity index (χ2v) is 8.06. The van der Waals surface area contributed by atoms with Crippen LogP contribution in [0.15, 0.2) is 23.1 Å². The second-order valence-electron chi connectivity index (χ2n) is 6.17. The molecule has 1 aliphatic rings. The third-order valence-electron chi connectivity index (χ3n) is 4.45. The molecule has 1 fully saturated rings. The third-order valence-corrected chi connectivity index (χ3v) is 5.86. The summed E-state index contributed by atoms with van der Waals surface area (Å²) in [6, 6.07) is 3.98. The first-order valence-electron chi connectivity index (χ1n) is 8.07. The number of nitrogens with one attached hydrogen (secondary N) is 3. The van der Waals surface area contributed by atoms with Crippen molar-refractivity contribution in [1.29, 1.82) is 0 Å². The van der Waals surface area contributed by atoms with Gasteiger partial charge in [0.05, 0.1) is 10.8 Å². The molecule has 9 heteroatoms. The predicted molar refractivity (Wildman–Crippen MR) is 93.0 cm³/mol. The van der Waals surface area contributed by atoms with Gasteiger partial charge in [0.15, 0.2) is 0 Å². The zero-order valence-electron chi connectivity index (χ0n) is 14.2. The monoisotopic (exact) mass is 369 g/mol. The molecule has 0 aliphatic heterocycles. The normalized spacial score (nSPS) is 20.7. The van der Waals surface area contributed by atoms with E-state index in [1.54, 1.807) is 13.0 Å². The molecule has 4 N–H and O–H groups in total. The van der Waals surface area contributed by atoms with Gasteiger partial charge in [-0.3, -0.25) is 4.79 Å². The molecule has 1 aromatic carbocycles. The molecule has 1 aliphatic carbocycles. The fourth-order valence-corrected chi connectivity index (χ4v) is 3.61. The van der Waals surface area contributed by atoms with Gasteiger partial charge in [0, 0.05) is 11.7 Å². The minimum absolute atomic E-state index is 0.0675. The zero-order chi connectivity index (χ0) is 18.6. The Balaban J connectivity index is 1.99. The fourth-order valence-electron chi connectivity index (χ4n) is 2.85. The Morgan fingerprint density at radius 2 is 1.80 bits per heavy atom. The largest absolute Gasteiger partial charge is 0.481 e. The maximum absolute atomic E-state index is 12.2. The van der Waals surface area contributed by atoms with Gasteiger partial charge in [0.1, 0.15) is 0 Å². The minimum atomic E-state index is -3.59. The molecule has 8 nitrogen and oxygen atoms in total. The van der Waals surface area contributed by atoms with Crippen LogP contribution in [0.5, 0.6) is 0 Å². The van der Waals surface area contributed by atoms with E-state index in [1.165, 1.54) is 19.2 Å². The van der Waals surface area contributed by atoms with E-state index in [4.69, 9.17) is 5.11 Å². The van der Waals surface area contributed by atoms with Crippen molar-refractivity contribution in [3.8, 4) is 0 Å². The molecule has 138 valence electrons. The van der Waals surface area contributed by atoms with Crippen molar-refractivity contribution in [2.75, 3.05) is 12.4 Å². The summed E-state index contributed by atoms with van der Waals surface area (Å²) in [5, 5.41) is 14.5. The van der Waals surface area contributed by atoms with Crippen LogP contribution in [0.3, 0.4) is 0 Å². The van der Waals surface area contributed by atoms with Crippen molar-refractivity contribution in [2.45, 2.75) is 43.5 Å². The molecule has 2 rings (SSSR count). The third kappa shape index (κ3) is 4.93. The van der Waals surface area contributed by atoms with Gasteiger partial charge in [-0.1, -0.05) is 6.07 Å². The van der Waals surface area contributed by atoms with Crippen LogP contribution < -0.4 is 15.4 Å². The van der Waals surface area contributed by atoms with Gasteiger partial charge in [-0.2, -0.15) is 0 Å². The van der Waals surface area contributed by atoms with E-state index in [9.17, 15) is 18.0 Å². The highest BCUT2D eigenvalue weighted by molar-refractivity contribution is 7.89. The number of hydrogen-bond acceptors (Lipinski definition) is 4. The van der Waals surface area contributed by atoms with E-state index < -0.39 is 22.0 Å². The van der Waals surface area contributed by atoms with Gasteiger partial charge in [0.2, 0.25) is 10.0 Å². The van der Waals surface area contributed by atoms with Crippen LogP contribution in [0, 0.1) is 12.8 Å². The second kappa shape index (κ2) is 7.83. The fraction of sp³-hybridized carbons (Fsp3) is 0.500. The van der Waals surface area contributed by atoms with E-state index in [0.717, 1.165) is 5.56 Å². The lowest BCUT2D eigenvalue weighted by atomic mass is 9.86. The lowest BCUT2D eigenvalue weighted by Gasteiger charge is -2.27. The summed E-state index contributed by atoms with van der Waals surface area (Å²) in [5.41, 5.74) is 1.15. The van der Waals surface area contributed by atoms with Crippen LogP contribution in [0.1, 0.15) is 31.2 Å². The minimum Gasteiger partial charge on any atom is -0.481 e. The van der Waals surface area contributed by atoms with Gasteiger partial charge in [-0.25, -0.2) is 17.9 Å². The zero-order valence-corrected chi connectivity index (χ0v) is 15.0. The van der Waals surface area contributed by atoms with Crippen molar-refractivity contribution < 1.29 is 23.1 Å². The highest BCUT2D eigenvalue weighted by Crippen LogP contribution is 2.25. The van der Waals surface area contributed by atoms with Gasteiger partial charge >= 0.3 is 12.0 Å². The number of urea groups is 1. The van der Waals surface area contributed by atoms with Crippen LogP contribution in [0.25, 0.3) is 0 Å². The summed E-state index contributed by atoms with van der Waals surface area (Å²) in [4.78, 5) is 23.2. The lowest BCUT2D eigenvalue weighted by Crippen LogP contribution is -2.41. The molecule has 0 unspecified atom stereocenters. The van der Waals surface area contributed by atoms with E-state index in [1.807, 2.05) is 0 Å². The Hall–Kier alpha value is -2.13. The first-order chi connectivity index (χ1) is 11.7. The number of rotatable bonds is 5. The topological polar surface area (TPSA) is 125 Å². The number of amides is 2. The summed E-state index contributed by atoms with van der Waals surface area (Å²) >= 11 is 0. The van der Waals surface area contributed by atoms with Crippen LogP contribution >= 0.6 is 0 Å². The molecular formula is C16H23N3O5S. The van der Waals surface area contributed by atoms with Crippen LogP contribution in [0.2, 0.25) is 0 Å². The van der Waals surface area contributed by atoms with Crippen LogP contribution in [0.4, 0.5) is 10.5 Å². The molecule has 1 saturated carbocycles. The van der Waals surface area contributed by atoms with Gasteiger partial charge < -0.3 is 15.7 Å². The highest BCUT2D eigenvalue weighted by Gasteiger charge is 2.26. The molecule has 0 saturated heterocycles. The Morgan fingerprint density at radius 3 is 2.36 bits per heavy atom. The van der Waals surface area contributed by atoms with Gasteiger partial charge in [0.25, 0.3) is 0 Å². The number of carbonyl (C=O) groups excluding carboxylic acids is 1. The highest BCUT2D eigenvalue weighted by atomic mass is 32.2. The summed E-state index contributed by atoms with van der Waals surface area (Å²) in [7, 11) is -2.27. The molecular weight excluding hydrogens is 346 g/mol. The van der Waals surface area contributed by atoms with E-state index >= 15 is 0 Å². The van der Waals surface area contributed by atoms with Crippen molar-refractivity contribution in [1.82, 2.24) is 10.0 Å². The van der Waals surface area contributed by atoms with Crippen molar-refractivity contribution >= 4 is 27.7 Å². The number of carbonyl (C=O) groups is 2. The number of carboxylic acids is 1.